The standard InChI is InChI=1S/C18H17N3O2/c1-12-10-16(13(2)23-12)18(22)21-11-15-4-3-7-20-17(15)14-5-8-19-9-6-14/h3-10H,11H2,1-2H3,(H,21,22). The third-order valence-corrected chi connectivity index (χ3v) is 3.57. The number of carbonyl (C=O) groups excluding carboxylic acids is 1. The largest absolute Gasteiger partial charge is 0.466 e. The summed E-state index contributed by atoms with van der Waals surface area (Å²) in [6.45, 7) is 4.01. The maximum absolute atomic E-state index is 12.3. The molecule has 0 saturated heterocycles. The molecule has 0 aliphatic carbocycles. The summed E-state index contributed by atoms with van der Waals surface area (Å²) in [5, 5.41) is 2.93. The number of nitrogens with one attached hydrogen (secondary N) is 1. The summed E-state index contributed by atoms with van der Waals surface area (Å²) in [6.07, 6.45) is 5.19. The molecule has 0 fully saturated rings. The third kappa shape index (κ3) is 3.29. The highest BCUT2D eigenvalue weighted by Gasteiger charge is 2.14. The first-order chi connectivity index (χ1) is 11.1. The van der Waals surface area contributed by atoms with E-state index in [9.17, 15) is 4.79 Å². The fraction of sp³-hybridized carbons (Fsp3) is 0.167. The van der Waals surface area contributed by atoms with Crippen LogP contribution in [0.5, 0.6) is 0 Å². The number of amides is 1. The van der Waals surface area contributed by atoms with E-state index in [-0.39, 0.29) is 5.91 Å². The van der Waals surface area contributed by atoms with Gasteiger partial charge in [0.2, 0.25) is 0 Å². The minimum Gasteiger partial charge on any atom is -0.466 e. The number of hydrogen-bond donors (Lipinski definition) is 1. The summed E-state index contributed by atoms with van der Waals surface area (Å²) >= 11 is 0. The molecule has 0 atom stereocenters. The molecule has 5 nitrogen and oxygen atoms in total. The van der Waals surface area contributed by atoms with Crippen molar-refractivity contribution in [2.75, 3.05) is 0 Å². The molecular formula is C18H17N3O2. The molecule has 0 aromatic carbocycles. The summed E-state index contributed by atoms with van der Waals surface area (Å²) in [6, 6.07) is 9.36. The number of nitrogens with zero attached hydrogens (tertiary/aromatic N) is 2. The van der Waals surface area contributed by atoms with Crippen molar-refractivity contribution in [2.45, 2.75) is 20.4 Å². The zero-order chi connectivity index (χ0) is 16.2. The molecule has 0 unspecified atom stereocenters. The summed E-state index contributed by atoms with van der Waals surface area (Å²) < 4.78 is 5.40. The van der Waals surface area contributed by atoms with Gasteiger partial charge in [-0.05, 0) is 43.7 Å². The lowest BCUT2D eigenvalue weighted by molar-refractivity contribution is 0.0949. The van der Waals surface area contributed by atoms with Gasteiger partial charge in [0.1, 0.15) is 11.5 Å². The van der Waals surface area contributed by atoms with Gasteiger partial charge in [-0.1, -0.05) is 6.07 Å². The molecule has 0 aliphatic heterocycles. The zero-order valence-corrected chi connectivity index (χ0v) is 13.0. The minimum absolute atomic E-state index is 0.149. The Morgan fingerprint density at radius 3 is 2.65 bits per heavy atom. The van der Waals surface area contributed by atoms with Crippen LogP contribution in [0.25, 0.3) is 11.3 Å². The lowest BCUT2D eigenvalue weighted by Crippen LogP contribution is -2.23. The SMILES string of the molecule is Cc1cc(C(=O)NCc2cccnc2-c2ccncc2)c(C)o1. The maximum atomic E-state index is 12.3. The predicted molar refractivity (Wildman–Crippen MR) is 86.8 cm³/mol. The van der Waals surface area contributed by atoms with Crippen molar-refractivity contribution in [3.8, 4) is 11.3 Å². The van der Waals surface area contributed by atoms with Crippen LogP contribution in [0, 0.1) is 13.8 Å². The highest BCUT2D eigenvalue weighted by Crippen LogP contribution is 2.20. The van der Waals surface area contributed by atoms with Crippen molar-refractivity contribution in [1.82, 2.24) is 15.3 Å². The van der Waals surface area contributed by atoms with Gasteiger partial charge in [-0.15, -0.1) is 0 Å². The van der Waals surface area contributed by atoms with E-state index in [0.717, 1.165) is 22.6 Å². The first kappa shape index (κ1) is 15.0. The topological polar surface area (TPSA) is 68.0 Å². The van der Waals surface area contributed by atoms with Crippen molar-refractivity contribution in [3.63, 3.8) is 0 Å². The van der Waals surface area contributed by atoms with Crippen LogP contribution < -0.4 is 5.32 Å². The quantitative estimate of drug-likeness (QED) is 0.803. The molecule has 0 aliphatic rings. The van der Waals surface area contributed by atoms with E-state index in [0.29, 0.717) is 17.9 Å². The summed E-state index contributed by atoms with van der Waals surface area (Å²) in [7, 11) is 0. The van der Waals surface area contributed by atoms with Gasteiger partial charge >= 0.3 is 0 Å². The number of furan rings is 1. The normalized spacial score (nSPS) is 10.5. The van der Waals surface area contributed by atoms with Crippen LogP contribution in [-0.2, 0) is 6.54 Å². The first-order valence-electron chi connectivity index (χ1n) is 7.34. The second-order valence-corrected chi connectivity index (χ2v) is 5.26. The number of rotatable bonds is 4. The van der Waals surface area contributed by atoms with Gasteiger partial charge in [-0.3, -0.25) is 14.8 Å². The second-order valence-electron chi connectivity index (χ2n) is 5.26. The summed E-state index contributed by atoms with van der Waals surface area (Å²) in [5.74, 6) is 1.20. The second kappa shape index (κ2) is 6.44. The van der Waals surface area contributed by atoms with E-state index in [4.69, 9.17) is 4.42 Å². The van der Waals surface area contributed by atoms with Gasteiger partial charge in [0.05, 0.1) is 11.3 Å². The molecule has 0 saturated carbocycles. The van der Waals surface area contributed by atoms with Gasteiger partial charge in [0, 0.05) is 30.7 Å². The first-order valence-corrected chi connectivity index (χ1v) is 7.34. The molecule has 0 radical (unpaired) electrons. The highest BCUT2D eigenvalue weighted by atomic mass is 16.3. The van der Waals surface area contributed by atoms with Gasteiger partial charge in [-0.25, -0.2) is 0 Å². The Kier molecular flexibility index (Phi) is 4.19. The predicted octanol–water partition coefficient (Wildman–Crippen LogP) is 3.28. The van der Waals surface area contributed by atoms with E-state index < -0.39 is 0 Å². The van der Waals surface area contributed by atoms with E-state index in [1.807, 2.05) is 31.2 Å². The molecule has 0 bridgehead atoms. The van der Waals surface area contributed by atoms with Crippen LogP contribution in [0.3, 0.4) is 0 Å². The van der Waals surface area contributed by atoms with E-state index >= 15 is 0 Å². The Morgan fingerprint density at radius 2 is 1.96 bits per heavy atom. The zero-order valence-electron chi connectivity index (χ0n) is 13.0. The molecule has 0 spiro atoms. The Balaban J connectivity index is 1.79. The van der Waals surface area contributed by atoms with Crippen LogP contribution in [0.4, 0.5) is 0 Å². The Bertz CT molecular complexity index is 825. The number of carbonyl (C=O) groups is 1. The Morgan fingerprint density at radius 1 is 1.17 bits per heavy atom. The molecule has 3 aromatic rings. The number of hydrogen-bond acceptors (Lipinski definition) is 4. The summed E-state index contributed by atoms with van der Waals surface area (Å²) in [4.78, 5) is 20.7. The van der Waals surface area contributed by atoms with Crippen LogP contribution in [-0.4, -0.2) is 15.9 Å². The van der Waals surface area contributed by atoms with Crippen molar-refractivity contribution >= 4 is 5.91 Å². The van der Waals surface area contributed by atoms with Crippen LogP contribution >= 0.6 is 0 Å². The Labute approximate surface area is 134 Å². The summed E-state index contributed by atoms with van der Waals surface area (Å²) in [5.41, 5.74) is 3.33. The minimum atomic E-state index is -0.149. The Hall–Kier alpha value is -2.95. The molecule has 1 amide bonds. The molecule has 5 heteroatoms. The number of aryl methyl sites for hydroxylation is 2. The lowest BCUT2D eigenvalue weighted by Gasteiger charge is -2.09. The van der Waals surface area contributed by atoms with Crippen molar-refractivity contribution in [2.24, 2.45) is 0 Å². The van der Waals surface area contributed by atoms with E-state index in [1.165, 1.54) is 0 Å². The van der Waals surface area contributed by atoms with Gasteiger partial charge in [-0.2, -0.15) is 0 Å². The molecule has 3 heterocycles. The van der Waals surface area contributed by atoms with Crippen molar-refractivity contribution < 1.29 is 9.21 Å². The van der Waals surface area contributed by atoms with Crippen LogP contribution in [0.15, 0.2) is 53.3 Å². The molecular weight excluding hydrogens is 290 g/mol. The van der Waals surface area contributed by atoms with Gasteiger partial charge in [0.15, 0.2) is 0 Å². The van der Waals surface area contributed by atoms with Crippen molar-refractivity contribution in [1.29, 1.82) is 0 Å². The average molecular weight is 307 g/mol. The van der Waals surface area contributed by atoms with Crippen LogP contribution in [0.2, 0.25) is 0 Å². The molecule has 1 N–H and O–H groups in total. The van der Waals surface area contributed by atoms with E-state index in [1.54, 1.807) is 31.6 Å². The number of pyridine rings is 2. The fourth-order valence-corrected chi connectivity index (χ4v) is 2.48. The maximum Gasteiger partial charge on any atom is 0.255 e. The van der Waals surface area contributed by atoms with E-state index in [2.05, 4.69) is 15.3 Å². The molecule has 3 aromatic heterocycles. The van der Waals surface area contributed by atoms with Crippen molar-refractivity contribution in [3.05, 3.63) is 71.6 Å². The highest BCUT2D eigenvalue weighted by molar-refractivity contribution is 5.95. The smallest absolute Gasteiger partial charge is 0.255 e. The number of aromatic nitrogens is 2. The average Bonchev–Trinajstić information content (AvgIpc) is 2.92. The monoisotopic (exact) mass is 307 g/mol. The van der Waals surface area contributed by atoms with Gasteiger partial charge < -0.3 is 9.73 Å². The van der Waals surface area contributed by atoms with Crippen LogP contribution in [0.1, 0.15) is 27.4 Å². The fourth-order valence-electron chi connectivity index (χ4n) is 2.48. The lowest BCUT2D eigenvalue weighted by atomic mass is 10.1. The molecule has 23 heavy (non-hydrogen) atoms. The van der Waals surface area contributed by atoms with Gasteiger partial charge in [0.25, 0.3) is 5.91 Å². The molecule has 116 valence electrons. The molecule has 3 rings (SSSR count). The third-order valence-electron chi connectivity index (χ3n) is 3.57.